The highest BCUT2D eigenvalue weighted by Gasteiger charge is 2.54. The number of ether oxygens (including phenoxy) is 3. The topological polar surface area (TPSA) is 144 Å². The number of imidazole rings is 1. The number of nitrogens with one attached hydrogen (secondary N) is 2. The summed E-state index contributed by atoms with van der Waals surface area (Å²) in [7, 11) is -4.21. The summed E-state index contributed by atoms with van der Waals surface area (Å²) in [5, 5.41) is 5.77. The van der Waals surface area contributed by atoms with Crippen LogP contribution in [0, 0.1) is 0 Å². The number of rotatable bonds is 7. The van der Waals surface area contributed by atoms with Crippen molar-refractivity contribution in [2.24, 2.45) is 0 Å². The predicted molar refractivity (Wildman–Crippen MR) is 129 cm³/mol. The number of hydrogen-bond acceptors (Lipinski definition) is 6. The molecule has 2 amide bonds. The van der Waals surface area contributed by atoms with Gasteiger partial charge in [-0.2, -0.15) is 0 Å². The molecular weight excluding hydrogens is 487 g/mol. The maximum Gasteiger partial charge on any atom is 0.325 e. The number of carbonyl (C=O) groups excluding carboxylic acids is 1. The van der Waals surface area contributed by atoms with E-state index in [1.54, 1.807) is 12.4 Å². The van der Waals surface area contributed by atoms with Crippen LogP contribution in [0.4, 0.5) is 10.5 Å². The van der Waals surface area contributed by atoms with Crippen LogP contribution in [0.5, 0.6) is 0 Å². The lowest BCUT2D eigenvalue weighted by Gasteiger charge is -2.22. The second-order valence-electron chi connectivity index (χ2n) is 9.38. The fourth-order valence-corrected chi connectivity index (χ4v) is 5.38. The van der Waals surface area contributed by atoms with Crippen molar-refractivity contribution in [3.05, 3.63) is 60.4 Å². The first-order valence-corrected chi connectivity index (χ1v) is 13.7. The Morgan fingerprint density at radius 1 is 1.06 bits per heavy atom. The number of aromatic nitrogens is 2. The first kappa shape index (κ1) is 23.6. The summed E-state index contributed by atoms with van der Waals surface area (Å²) in [6.07, 6.45) is 0.528. The molecule has 2 aliphatic heterocycles. The molecule has 11 nitrogen and oxygen atoms in total. The minimum Gasteiger partial charge on any atom is -0.349 e. The Kier molecular flexibility index (Phi) is 6.07. The lowest BCUT2D eigenvalue weighted by molar-refractivity contribution is -0.147. The number of benzene rings is 2. The number of hydrogen-bond donors (Lipinski definition) is 4. The Morgan fingerprint density at radius 2 is 1.83 bits per heavy atom. The molecule has 0 spiro atoms. The molecule has 36 heavy (non-hydrogen) atoms. The van der Waals surface area contributed by atoms with E-state index >= 15 is 0 Å². The van der Waals surface area contributed by atoms with Gasteiger partial charge in [-0.1, -0.05) is 36.4 Å². The van der Waals surface area contributed by atoms with E-state index in [-0.39, 0.29) is 24.7 Å². The van der Waals surface area contributed by atoms with Crippen LogP contribution in [0.3, 0.4) is 0 Å². The molecule has 2 unspecified atom stereocenters. The van der Waals surface area contributed by atoms with Crippen molar-refractivity contribution in [3.63, 3.8) is 0 Å². The fraction of sp³-hybridized carbons (Fsp3) is 0.417. The summed E-state index contributed by atoms with van der Waals surface area (Å²) in [5.41, 5.74) is 2.75. The lowest BCUT2D eigenvalue weighted by Crippen LogP contribution is -2.30. The lowest BCUT2D eigenvalue weighted by atomic mass is 10.1. The van der Waals surface area contributed by atoms with Gasteiger partial charge in [0.05, 0.1) is 29.8 Å². The number of fused-ring (bicyclic) bond motifs is 2. The summed E-state index contributed by atoms with van der Waals surface area (Å²) < 4.78 is 32.2. The van der Waals surface area contributed by atoms with Crippen molar-refractivity contribution < 1.29 is 33.4 Å². The first-order chi connectivity index (χ1) is 17.4. The summed E-state index contributed by atoms with van der Waals surface area (Å²) in [6, 6.07) is 14.9. The smallest absolute Gasteiger partial charge is 0.325 e. The number of carbonyl (C=O) groups is 1. The zero-order chi connectivity index (χ0) is 24.9. The SMILES string of the molecule is O=C(Nc1cccc2c1ncn2[C@@H]1O[C@H](CCP(=O)(O)O)C2O[C@H](c3ccccc3)OC21)NC1CC1. The fourth-order valence-electron chi connectivity index (χ4n) is 4.79. The number of amides is 2. The third-order valence-corrected chi connectivity index (χ3v) is 7.50. The van der Waals surface area contributed by atoms with Gasteiger partial charge in [-0.15, -0.1) is 0 Å². The summed E-state index contributed by atoms with van der Waals surface area (Å²) in [5.74, 6) is 0. The van der Waals surface area contributed by atoms with Crippen molar-refractivity contribution in [1.29, 1.82) is 0 Å². The minimum absolute atomic E-state index is 0.119. The monoisotopic (exact) mass is 514 g/mol. The van der Waals surface area contributed by atoms with Crippen LogP contribution >= 0.6 is 7.60 Å². The average Bonchev–Trinajstić information content (AvgIpc) is 3.26. The van der Waals surface area contributed by atoms with Gasteiger partial charge in [0.2, 0.25) is 0 Å². The van der Waals surface area contributed by atoms with E-state index in [1.807, 2.05) is 47.0 Å². The molecule has 6 rings (SSSR count). The molecular formula is C24H27N4O7P. The van der Waals surface area contributed by atoms with Crippen molar-refractivity contribution in [2.75, 3.05) is 11.5 Å². The molecule has 0 bridgehead atoms. The Morgan fingerprint density at radius 3 is 2.58 bits per heavy atom. The molecule has 190 valence electrons. The summed E-state index contributed by atoms with van der Waals surface area (Å²) in [6.45, 7) is 0. The highest BCUT2D eigenvalue weighted by atomic mass is 31.2. The van der Waals surface area contributed by atoms with E-state index in [0.717, 1.165) is 23.9 Å². The van der Waals surface area contributed by atoms with Gasteiger partial charge in [-0.3, -0.25) is 4.57 Å². The number of anilines is 1. The van der Waals surface area contributed by atoms with Crippen molar-refractivity contribution in [1.82, 2.24) is 14.9 Å². The van der Waals surface area contributed by atoms with Crippen LogP contribution in [0.2, 0.25) is 0 Å². The van der Waals surface area contributed by atoms with Gasteiger partial charge < -0.3 is 39.2 Å². The van der Waals surface area contributed by atoms with Crippen molar-refractivity contribution in [3.8, 4) is 0 Å². The van der Waals surface area contributed by atoms with E-state index in [9.17, 15) is 19.1 Å². The minimum atomic E-state index is -4.21. The largest absolute Gasteiger partial charge is 0.349 e. The second-order valence-corrected chi connectivity index (χ2v) is 11.2. The second kappa shape index (κ2) is 9.26. The average molecular weight is 514 g/mol. The molecule has 1 saturated carbocycles. The standard InChI is InChI=1S/C24H27N4O7P/c29-24(26-15-9-10-15)27-16-7-4-8-17-19(16)25-13-28(17)22-21-20(18(33-22)11-12-36(30,31)32)34-23(35-21)14-5-2-1-3-6-14/h1-8,13,15,18,20-23H,9-12H2,(H2,26,27,29)(H2,30,31,32)/t18-,20?,21?,22-,23+/m1/s1. The van der Waals surface area contributed by atoms with E-state index in [4.69, 9.17) is 14.2 Å². The van der Waals surface area contributed by atoms with Crippen LogP contribution in [-0.4, -0.2) is 55.9 Å². The normalized spacial score (nSPS) is 27.8. The molecule has 2 aromatic carbocycles. The highest BCUT2D eigenvalue weighted by molar-refractivity contribution is 7.51. The molecule has 0 radical (unpaired) electrons. The number of urea groups is 1. The van der Waals surface area contributed by atoms with Crippen LogP contribution < -0.4 is 10.6 Å². The molecule has 1 aromatic heterocycles. The Labute approximate surface area is 206 Å². The molecule has 1 aliphatic carbocycles. The molecule has 2 saturated heterocycles. The van der Waals surface area contributed by atoms with E-state index in [1.165, 1.54) is 0 Å². The maximum absolute atomic E-state index is 12.3. The highest BCUT2D eigenvalue weighted by Crippen LogP contribution is 2.47. The van der Waals surface area contributed by atoms with Gasteiger partial charge in [0, 0.05) is 11.6 Å². The van der Waals surface area contributed by atoms with Crippen molar-refractivity contribution in [2.45, 2.75) is 56.1 Å². The molecule has 3 heterocycles. The van der Waals surface area contributed by atoms with Gasteiger partial charge in [-0.05, 0) is 31.4 Å². The van der Waals surface area contributed by atoms with Crippen LogP contribution in [0.15, 0.2) is 54.9 Å². The van der Waals surface area contributed by atoms with Crippen LogP contribution in [0.1, 0.15) is 37.3 Å². The summed E-state index contributed by atoms with van der Waals surface area (Å²) >= 11 is 0. The van der Waals surface area contributed by atoms with Crippen LogP contribution in [-0.2, 0) is 18.8 Å². The van der Waals surface area contributed by atoms with Crippen LogP contribution in [0.25, 0.3) is 11.0 Å². The van der Waals surface area contributed by atoms with E-state index in [2.05, 4.69) is 15.6 Å². The molecule has 12 heteroatoms. The van der Waals surface area contributed by atoms with E-state index < -0.39 is 38.4 Å². The Bertz CT molecular complexity index is 1310. The van der Waals surface area contributed by atoms with Gasteiger partial charge >= 0.3 is 13.6 Å². The summed E-state index contributed by atoms with van der Waals surface area (Å²) in [4.78, 5) is 35.7. The third-order valence-electron chi connectivity index (χ3n) is 6.66. The third kappa shape index (κ3) is 4.78. The molecule has 3 aromatic rings. The molecule has 5 atom stereocenters. The Balaban J connectivity index is 1.29. The van der Waals surface area contributed by atoms with Gasteiger partial charge in [0.1, 0.15) is 17.7 Å². The zero-order valence-electron chi connectivity index (χ0n) is 19.3. The van der Waals surface area contributed by atoms with Gasteiger partial charge in [0.25, 0.3) is 0 Å². The quantitative estimate of drug-likeness (QED) is 0.352. The van der Waals surface area contributed by atoms with Gasteiger partial charge in [-0.25, -0.2) is 9.78 Å². The van der Waals surface area contributed by atoms with Crippen molar-refractivity contribution >= 4 is 30.3 Å². The molecule has 4 N–H and O–H groups in total. The van der Waals surface area contributed by atoms with Gasteiger partial charge in [0.15, 0.2) is 12.5 Å². The Hall–Kier alpha value is -2.79. The van der Waals surface area contributed by atoms with E-state index in [0.29, 0.717) is 11.2 Å². The molecule has 3 fully saturated rings. The first-order valence-electron chi connectivity index (χ1n) is 11.9. The predicted octanol–water partition coefficient (Wildman–Crippen LogP) is 3.27. The molecule has 3 aliphatic rings. The number of nitrogens with zero attached hydrogens (tertiary/aromatic N) is 2. The number of para-hydroxylation sites is 1. The maximum atomic E-state index is 12.3. The zero-order valence-corrected chi connectivity index (χ0v) is 20.2.